The van der Waals surface area contributed by atoms with E-state index in [-0.39, 0.29) is 23.6 Å². The molecule has 2 atom stereocenters. The number of hydrogen-bond acceptors (Lipinski definition) is 3. The number of phenols is 1. The van der Waals surface area contributed by atoms with Crippen LogP contribution in [0.5, 0.6) is 5.75 Å². The maximum atomic E-state index is 12.7. The molecule has 1 N–H and O–H groups in total. The van der Waals surface area contributed by atoms with Crippen LogP contribution in [0, 0.1) is 12.8 Å². The van der Waals surface area contributed by atoms with Gasteiger partial charge in [0.05, 0.1) is 0 Å². The van der Waals surface area contributed by atoms with Gasteiger partial charge in [0, 0.05) is 30.5 Å². The van der Waals surface area contributed by atoms with Gasteiger partial charge in [0.2, 0.25) is 0 Å². The number of hydrogen-bond donors (Lipinski definition) is 1. The number of likely N-dealkylation sites (tertiary alicyclic amines) is 1. The Morgan fingerprint density at radius 3 is 2.76 bits per heavy atom. The number of carbonyl (C=O) groups is 2. The van der Waals surface area contributed by atoms with E-state index in [0.29, 0.717) is 24.3 Å². The van der Waals surface area contributed by atoms with Crippen molar-refractivity contribution in [2.75, 3.05) is 6.54 Å². The van der Waals surface area contributed by atoms with Crippen LogP contribution >= 0.6 is 0 Å². The Morgan fingerprint density at radius 1 is 1.29 bits per heavy atom. The molecular formula is C17H21NO3. The minimum absolute atomic E-state index is 0.0236. The number of nitrogens with zero attached hydrogens (tertiary/aromatic N) is 1. The summed E-state index contributed by atoms with van der Waals surface area (Å²) < 4.78 is 0. The zero-order chi connectivity index (χ0) is 15.0. The second kappa shape index (κ2) is 5.51. The normalized spacial score (nSPS) is 25.6. The monoisotopic (exact) mass is 287 g/mol. The van der Waals surface area contributed by atoms with Gasteiger partial charge in [-0.1, -0.05) is 6.07 Å². The number of aryl methyl sites for hydroxylation is 1. The van der Waals surface area contributed by atoms with Crippen molar-refractivity contribution in [2.45, 2.75) is 45.1 Å². The smallest absolute Gasteiger partial charge is 0.254 e. The molecule has 1 aliphatic carbocycles. The van der Waals surface area contributed by atoms with Crippen molar-refractivity contribution in [3.8, 4) is 5.75 Å². The zero-order valence-corrected chi connectivity index (χ0v) is 12.3. The second-order valence-corrected chi connectivity index (χ2v) is 6.17. The molecule has 1 aromatic carbocycles. The highest BCUT2D eigenvalue weighted by molar-refractivity contribution is 5.95. The molecule has 0 aromatic heterocycles. The predicted octanol–water partition coefficient (Wildman–Crippen LogP) is 2.67. The van der Waals surface area contributed by atoms with Gasteiger partial charge < -0.3 is 10.0 Å². The molecule has 4 nitrogen and oxygen atoms in total. The first kappa shape index (κ1) is 14.1. The van der Waals surface area contributed by atoms with Crippen molar-refractivity contribution in [3.63, 3.8) is 0 Å². The Hall–Kier alpha value is -1.84. The van der Waals surface area contributed by atoms with E-state index in [0.717, 1.165) is 31.2 Å². The average Bonchev–Trinajstić information content (AvgIpc) is 3.09. The van der Waals surface area contributed by atoms with Gasteiger partial charge in [-0.3, -0.25) is 9.59 Å². The zero-order valence-electron chi connectivity index (χ0n) is 12.3. The molecule has 1 heterocycles. The fraction of sp³-hybridized carbons (Fsp3) is 0.529. The van der Waals surface area contributed by atoms with Gasteiger partial charge in [-0.15, -0.1) is 0 Å². The fourth-order valence-corrected chi connectivity index (χ4v) is 3.62. The lowest BCUT2D eigenvalue weighted by Crippen LogP contribution is -2.41. The quantitative estimate of drug-likeness (QED) is 0.909. The lowest BCUT2D eigenvalue weighted by molar-refractivity contribution is -0.121. The predicted molar refractivity (Wildman–Crippen MR) is 79.3 cm³/mol. The molecular weight excluding hydrogens is 266 g/mol. The summed E-state index contributed by atoms with van der Waals surface area (Å²) in [6, 6.07) is 5.09. The first-order valence-corrected chi connectivity index (χ1v) is 7.71. The summed E-state index contributed by atoms with van der Waals surface area (Å²) in [4.78, 5) is 26.5. The van der Waals surface area contributed by atoms with E-state index in [4.69, 9.17) is 0 Å². The van der Waals surface area contributed by atoms with Crippen LogP contribution < -0.4 is 0 Å². The summed E-state index contributed by atoms with van der Waals surface area (Å²) in [5.74, 6) is 0.419. The van der Waals surface area contributed by atoms with E-state index >= 15 is 0 Å². The SMILES string of the molecule is Cc1ccc(C(=O)N2CCCC2C2CCCC2=O)cc1O. The van der Waals surface area contributed by atoms with E-state index in [1.54, 1.807) is 19.1 Å². The lowest BCUT2D eigenvalue weighted by Gasteiger charge is -2.28. The molecule has 0 spiro atoms. The summed E-state index contributed by atoms with van der Waals surface area (Å²) >= 11 is 0. The van der Waals surface area contributed by atoms with E-state index in [2.05, 4.69) is 0 Å². The van der Waals surface area contributed by atoms with Crippen LogP contribution in [-0.2, 0) is 4.79 Å². The summed E-state index contributed by atoms with van der Waals surface area (Å²) in [7, 11) is 0. The third kappa shape index (κ3) is 2.55. The molecule has 112 valence electrons. The number of phenolic OH excluding ortho intramolecular Hbond substituents is 1. The fourth-order valence-electron chi connectivity index (χ4n) is 3.62. The third-order valence-corrected chi connectivity index (χ3v) is 4.83. The van der Waals surface area contributed by atoms with Gasteiger partial charge in [-0.2, -0.15) is 0 Å². The van der Waals surface area contributed by atoms with Crippen LogP contribution in [0.25, 0.3) is 0 Å². The Bertz CT molecular complexity index is 581. The number of ketones is 1. The molecule has 2 fully saturated rings. The van der Waals surface area contributed by atoms with Crippen LogP contribution in [0.1, 0.15) is 48.0 Å². The number of rotatable bonds is 2. The van der Waals surface area contributed by atoms with E-state index in [1.807, 2.05) is 4.90 Å². The van der Waals surface area contributed by atoms with Gasteiger partial charge in [-0.25, -0.2) is 0 Å². The van der Waals surface area contributed by atoms with E-state index in [1.165, 1.54) is 6.07 Å². The molecule has 21 heavy (non-hydrogen) atoms. The first-order valence-electron chi connectivity index (χ1n) is 7.71. The van der Waals surface area contributed by atoms with Gasteiger partial charge in [0.25, 0.3) is 5.91 Å². The molecule has 3 rings (SSSR count). The van der Waals surface area contributed by atoms with Crippen LogP contribution in [0.15, 0.2) is 18.2 Å². The molecule has 2 unspecified atom stereocenters. The highest BCUT2D eigenvalue weighted by Crippen LogP contribution is 2.34. The Labute approximate surface area is 124 Å². The molecule has 1 aromatic rings. The van der Waals surface area contributed by atoms with Crippen molar-refractivity contribution in [1.82, 2.24) is 4.90 Å². The minimum Gasteiger partial charge on any atom is -0.508 e. The topological polar surface area (TPSA) is 57.6 Å². The summed E-state index contributed by atoms with van der Waals surface area (Å²) in [6.45, 7) is 2.52. The number of carbonyl (C=O) groups excluding carboxylic acids is 2. The van der Waals surface area contributed by atoms with Crippen molar-refractivity contribution in [1.29, 1.82) is 0 Å². The van der Waals surface area contributed by atoms with Crippen molar-refractivity contribution in [3.05, 3.63) is 29.3 Å². The van der Waals surface area contributed by atoms with Crippen molar-refractivity contribution in [2.24, 2.45) is 5.92 Å². The van der Waals surface area contributed by atoms with Crippen LogP contribution in [0.2, 0.25) is 0 Å². The first-order chi connectivity index (χ1) is 10.1. The van der Waals surface area contributed by atoms with E-state index < -0.39 is 0 Å². The van der Waals surface area contributed by atoms with Gasteiger partial charge in [-0.05, 0) is 50.3 Å². The standard InChI is InChI=1S/C17H21NO3/c1-11-7-8-12(10-16(11)20)17(21)18-9-3-5-14(18)13-4-2-6-15(13)19/h7-8,10,13-14,20H,2-6,9H2,1H3. The molecule has 4 heteroatoms. The molecule has 0 bridgehead atoms. The number of amides is 1. The van der Waals surface area contributed by atoms with Crippen LogP contribution in [0.3, 0.4) is 0 Å². The highest BCUT2D eigenvalue weighted by Gasteiger charge is 2.40. The maximum absolute atomic E-state index is 12.7. The number of aromatic hydroxyl groups is 1. The Kier molecular flexibility index (Phi) is 3.70. The average molecular weight is 287 g/mol. The number of benzene rings is 1. The highest BCUT2D eigenvalue weighted by atomic mass is 16.3. The van der Waals surface area contributed by atoms with Crippen molar-refractivity contribution >= 4 is 11.7 Å². The Morgan fingerprint density at radius 2 is 2.10 bits per heavy atom. The summed E-state index contributed by atoms with van der Waals surface area (Å²) in [5.41, 5.74) is 1.27. The van der Waals surface area contributed by atoms with Gasteiger partial charge in [0.1, 0.15) is 11.5 Å². The summed E-state index contributed by atoms with van der Waals surface area (Å²) in [6.07, 6.45) is 4.40. The lowest BCUT2D eigenvalue weighted by atomic mass is 9.94. The molecule has 1 saturated heterocycles. The molecule has 1 amide bonds. The largest absolute Gasteiger partial charge is 0.508 e. The Balaban J connectivity index is 1.82. The second-order valence-electron chi connectivity index (χ2n) is 6.17. The molecule has 2 aliphatic rings. The molecule has 1 saturated carbocycles. The molecule has 1 aliphatic heterocycles. The summed E-state index contributed by atoms with van der Waals surface area (Å²) in [5, 5.41) is 9.79. The number of Topliss-reactive ketones (excluding diaryl/α,β-unsaturated/α-hetero) is 1. The van der Waals surface area contributed by atoms with Crippen LogP contribution in [0.4, 0.5) is 0 Å². The van der Waals surface area contributed by atoms with Crippen LogP contribution in [-0.4, -0.2) is 34.3 Å². The maximum Gasteiger partial charge on any atom is 0.254 e. The van der Waals surface area contributed by atoms with Gasteiger partial charge >= 0.3 is 0 Å². The molecule has 0 radical (unpaired) electrons. The minimum atomic E-state index is -0.0625. The van der Waals surface area contributed by atoms with Crippen molar-refractivity contribution < 1.29 is 14.7 Å². The third-order valence-electron chi connectivity index (χ3n) is 4.83. The van der Waals surface area contributed by atoms with E-state index in [9.17, 15) is 14.7 Å². The van der Waals surface area contributed by atoms with Gasteiger partial charge in [0.15, 0.2) is 0 Å².